The van der Waals surface area contributed by atoms with Crippen LogP contribution >= 0.6 is 35.0 Å². The zero-order chi connectivity index (χ0) is 21.8. The zero-order valence-electron chi connectivity index (χ0n) is 16.0. The topological polar surface area (TPSA) is 98.6 Å². The number of anilines is 1. The molecule has 1 heterocycles. The van der Waals surface area contributed by atoms with E-state index in [9.17, 15) is 14.9 Å². The van der Waals surface area contributed by atoms with E-state index in [2.05, 4.69) is 15.3 Å². The second-order valence-electron chi connectivity index (χ2n) is 6.43. The average molecular weight is 459 g/mol. The van der Waals surface area contributed by atoms with Gasteiger partial charge < -0.3 is 10.3 Å². The fraction of sp³-hybridized carbons (Fsp3) is 0.143. The minimum atomic E-state index is -0.571. The van der Waals surface area contributed by atoms with Crippen LogP contribution in [0.15, 0.2) is 52.4 Å². The molecule has 0 bridgehead atoms. The van der Waals surface area contributed by atoms with E-state index in [1.165, 1.54) is 0 Å². The van der Waals surface area contributed by atoms with Gasteiger partial charge in [-0.25, -0.2) is 4.98 Å². The number of amides is 1. The van der Waals surface area contributed by atoms with E-state index in [0.29, 0.717) is 21.3 Å². The number of nitriles is 1. The van der Waals surface area contributed by atoms with E-state index in [-0.39, 0.29) is 22.3 Å². The summed E-state index contributed by atoms with van der Waals surface area (Å²) in [6, 6.07) is 13.8. The maximum Gasteiger partial charge on any atom is 0.270 e. The number of thioether (sulfide) groups is 1. The lowest BCUT2D eigenvalue weighted by molar-refractivity contribution is -0.115. The molecular formula is C21H16Cl2N4O2S. The Hall–Kier alpha value is -2.79. The Labute approximate surface area is 187 Å². The summed E-state index contributed by atoms with van der Waals surface area (Å²) in [7, 11) is 0. The summed E-state index contributed by atoms with van der Waals surface area (Å²) in [6.07, 6.45) is 0. The first-order valence-electron chi connectivity index (χ1n) is 8.82. The standard InChI is InChI=1S/C21H16Cl2N4O2S/c1-11-3-8-15(9-17(11)23)25-19(28)12(2)30-21-26-18(16(10-24)20(29)27-21)13-4-6-14(22)7-5-13/h3-9,12H,1-2H3,(H,25,28)(H,26,27,29). The van der Waals surface area contributed by atoms with Crippen molar-refractivity contribution >= 4 is 46.6 Å². The summed E-state index contributed by atoms with van der Waals surface area (Å²) in [5.41, 5.74) is 1.62. The maximum absolute atomic E-state index is 12.6. The molecule has 9 heteroatoms. The first-order chi connectivity index (χ1) is 14.3. The van der Waals surface area contributed by atoms with E-state index in [0.717, 1.165) is 17.3 Å². The number of carbonyl (C=O) groups excluding carboxylic acids is 1. The molecule has 0 radical (unpaired) electrons. The molecule has 0 spiro atoms. The minimum Gasteiger partial charge on any atom is -0.325 e. The second kappa shape index (κ2) is 9.35. The first-order valence-corrected chi connectivity index (χ1v) is 10.5. The molecule has 1 aromatic heterocycles. The van der Waals surface area contributed by atoms with Gasteiger partial charge in [-0.15, -0.1) is 0 Å². The van der Waals surface area contributed by atoms with Gasteiger partial charge in [-0.3, -0.25) is 9.59 Å². The van der Waals surface area contributed by atoms with Gasteiger partial charge in [0.25, 0.3) is 5.56 Å². The van der Waals surface area contributed by atoms with Gasteiger partial charge in [-0.2, -0.15) is 5.26 Å². The van der Waals surface area contributed by atoms with Crippen molar-refractivity contribution in [1.29, 1.82) is 5.26 Å². The van der Waals surface area contributed by atoms with E-state index in [1.54, 1.807) is 43.3 Å². The Morgan fingerprint density at radius 3 is 2.57 bits per heavy atom. The van der Waals surface area contributed by atoms with Crippen LogP contribution in [-0.4, -0.2) is 21.1 Å². The van der Waals surface area contributed by atoms with Crippen molar-refractivity contribution < 1.29 is 4.79 Å². The largest absolute Gasteiger partial charge is 0.325 e. The third-order valence-electron chi connectivity index (χ3n) is 4.22. The van der Waals surface area contributed by atoms with Gasteiger partial charge in [0, 0.05) is 21.3 Å². The molecule has 0 aliphatic carbocycles. The lowest BCUT2D eigenvalue weighted by atomic mass is 10.1. The van der Waals surface area contributed by atoms with Crippen LogP contribution in [0.4, 0.5) is 5.69 Å². The van der Waals surface area contributed by atoms with Gasteiger partial charge in [0.15, 0.2) is 5.16 Å². The number of nitrogens with zero attached hydrogens (tertiary/aromatic N) is 2. The van der Waals surface area contributed by atoms with Crippen molar-refractivity contribution in [2.45, 2.75) is 24.3 Å². The predicted molar refractivity (Wildman–Crippen MR) is 120 cm³/mol. The van der Waals surface area contributed by atoms with E-state index in [1.807, 2.05) is 19.1 Å². The van der Waals surface area contributed by atoms with Gasteiger partial charge in [0.1, 0.15) is 11.6 Å². The number of halogens is 2. The summed E-state index contributed by atoms with van der Waals surface area (Å²) in [6.45, 7) is 3.56. The number of benzene rings is 2. The minimum absolute atomic E-state index is 0.104. The number of aromatic amines is 1. The van der Waals surface area contributed by atoms with Crippen molar-refractivity contribution in [2.24, 2.45) is 0 Å². The molecular weight excluding hydrogens is 443 g/mol. The van der Waals surface area contributed by atoms with Crippen LogP contribution in [0.25, 0.3) is 11.3 Å². The number of nitrogens with one attached hydrogen (secondary N) is 2. The molecule has 3 rings (SSSR count). The van der Waals surface area contributed by atoms with E-state index < -0.39 is 10.8 Å². The van der Waals surface area contributed by atoms with Crippen molar-refractivity contribution in [1.82, 2.24) is 9.97 Å². The quantitative estimate of drug-likeness (QED) is 0.411. The lowest BCUT2D eigenvalue weighted by Crippen LogP contribution is -2.23. The van der Waals surface area contributed by atoms with Crippen LogP contribution in [0.2, 0.25) is 10.0 Å². The first kappa shape index (κ1) is 21.9. The predicted octanol–water partition coefficient (Wildman–Crippen LogP) is 5.04. The monoisotopic (exact) mass is 458 g/mol. The Balaban J connectivity index is 1.84. The fourth-order valence-electron chi connectivity index (χ4n) is 2.56. The molecule has 0 aliphatic heterocycles. The fourth-order valence-corrected chi connectivity index (χ4v) is 3.67. The normalized spacial score (nSPS) is 11.6. The molecule has 3 aromatic rings. The molecule has 6 nitrogen and oxygen atoms in total. The molecule has 30 heavy (non-hydrogen) atoms. The van der Waals surface area contributed by atoms with E-state index in [4.69, 9.17) is 23.2 Å². The van der Waals surface area contributed by atoms with Gasteiger partial charge in [-0.05, 0) is 43.7 Å². The summed E-state index contributed by atoms with van der Waals surface area (Å²) in [5, 5.41) is 12.9. The molecule has 0 saturated heterocycles. The smallest absolute Gasteiger partial charge is 0.270 e. The number of aromatic nitrogens is 2. The van der Waals surface area contributed by atoms with Crippen LogP contribution in [0.1, 0.15) is 18.1 Å². The van der Waals surface area contributed by atoms with Gasteiger partial charge in [0.2, 0.25) is 5.91 Å². The number of aryl methyl sites for hydroxylation is 1. The molecule has 0 aliphatic rings. The third-order valence-corrected chi connectivity index (χ3v) is 5.87. The third kappa shape index (κ3) is 5.03. The van der Waals surface area contributed by atoms with Crippen molar-refractivity contribution in [2.75, 3.05) is 5.32 Å². The number of rotatable bonds is 5. The molecule has 1 amide bonds. The number of hydrogen-bond acceptors (Lipinski definition) is 5. The number of hydrogen-bond donors (Lipinski definition) is 2. The molecule has 152 valence electrons. The Morgan fingerprint density at radius 2 is 1.93 bits per heavy atom. The van der Waals surface area contributed by atoms with Gasteiger partial charge >= 0.3 is 0 Å². The van der Waals surface area contributed by atoms with E-state index >= 15 is 0 Å². The highest BCUT2D eigenvalue weighted by Gasteiger charge is 2.19. The van der Waals surface area contributed by atoms with Gasteiger partial charge in [-0.1, -0.05) is 53.2 Å². The number of carbonyl (C=O) groups is 1. The van der Waals surface area contributed by atoms with Crippen LogP contribution < -0.4 is 10.9 Å². The Kier molecular flexibility index (Phi) is 6.83. The van der Waals surface area contributed by atoms with Crippen LogP contribution in [0.3, 0.4) is 0 Å². The maximum atomic E-state index is 12.6. The Bertz CT molecular complexity index is 1200. The zero-order valence-corrected chi connectivity index (χ0v) is 18.3. The summed E-state index contributed by atoms with van der Waals surface area (Å²) < 4.78 is 0. The van der Waals surface area contributed by atoms with Crippen LogP contribution in [0.5, 0.6) is 0 Å². The summed E-state index contributed by atoms with van der Waals surface area (Å²) >= 11 is 13.1. The molecule has 1 atom stereocenters. The van der Waals surface area contributed by atoms with Crippen LogP contribution in [-0.2, 0) is 4.79 Å². The highest BCUT2D eigenvalue weighted by Crippen LogP contribution is 2.26. The Morgan fingerprint density at radius 1 is 1.23 bits per heavy atom. The second-order valence-corrected chi connectivity index (χ2v) is 8.60. The molecule has 1 unspecified atom stereocenters. The highest BCUT2D eigenvalue weighted by molar-refractivity contribution is 8.00. The van der Waals surface area contributed by atoms with Gasteiger partial charge in [0.05, 0.1) is 10.9 Å². The lowest BCUT2D eigenvalue weighted by Gasteiger charge is -2.13. The van der Waals surface area contributed by atoms with Crippen molar-refractivity contribution in [3.8, 4) is 17.3 Å². The summed E-state index contributed by atoms with van der Waals surface area (Å²) in [4.78, 5) is 31.9. The summed E-state index contributed by atoms with van der Waals surface area (Å²) in [5.74, 6) is -0.278. The molecule has 2 N–H and O–H groups in total. The highest BCUT2D eigenvalue weighted by atomic mass is 35.5. The average Bonchev–Trinajstić information content (AvgIpc) is 2.71. The molecule has 0 fully saturated rings. The molecule has 0 saturated carbocycles. The SMILES string of the molecule is Cc1ccc(NC(=O)C(C)Sc2nc(-c3ccc(Cl)cc3)c(C#N)c(=O)[nH]2)cc1Cl. The van der Waals surface area contributed by atoms with Crippen molar-refractivity contribution in [3.05, 3.63) is 74.0 Å². The number of H-pyrrole nitrogens is 1. The van der Waals surface area contributed by atoms with Crippen molar-refractivity contribution in [3.63, 3.8) is 0 Å². The molecule has 2 aromatic carbocycles. The van der Waals surface area contributed by atoms with Crippen LogP contribution in [0, 0.1) is 18.3 Å².